The molecule has 0 aliphatic rings. The molecule has 0 atom stereocenters. The van der Waals surface area contributed by atoms with E-state index in [2.05, 4.69) is 5.32 Å². The third-order valence-electron chi connectivity index (χ3n) is 2.35. The minimum atomic E-state index is -4.48. The fourth-order valence-electron chi connectivity index (χ4n) is 1.31. The first-order chi connectivity index (χ1) is 9.21. The van der Waals surface area contributed by atoms with Crippen molar-refractivity contribution in [3.05, 3.63) is 35.4 Å². The van der Waals surface area contributed by atoms with Crippen molar-refractivity contribution >= 4 is 17.7 Å². The molecule has 8 heteroatoms. The van der Waals surface area contributed by atoms with Crippen LogP contribution in [0.25, 0.3) is 0 Å². The van der Waals surface area contributed by atoms with Gasteiger partial charge in [-0.05, 0) is 24.3 Å². The number of halogens is 3. The number of hydrogen-bond acceptors (Lipinski definition) is 3. The zero-order valence-electron chi connectivity index (χ0n) is 10.0. The Hall–Kier alpha value is -2.38. The van der Waals surface area contributed by atoms with Crippen molar-refractivity contribution < 1.29 is 32.7 Å². The van der Waals surface area contributed by atoms with Gasteiger partial charge in [0.15, 0.2) is 0 Å². The summed E-state index contributed by atoms with van der Waals surface area (Å²) in [6, 6.07) is 3.52. The Morgan fingerprint density at radius 1 is 1.10 bits per heavy atom. The van der Waals surface area contributed by atoms with Crippen LogP contribution in [0, 0.1) is 0 Å². The molecule has 0 radical (unpaired) electrons. The highest BCUT2D eigenvalue weighted by Crippen LogP contribution is 2.28. The molecule has 0 bridgehead atoms. The fourth-order valence-corrected chi connectivity index (χ4v) is 1.31. The van der Waals surface area contributed by atoms with Gasteiger partial charge in [0.25, 0.3) is 5.91 Å². The van der Waals surface area contributed by atoms with Gasteiger partial charge in [0.1, 0.15) is 0 Å². The van der Waals surface area contributed by atoms with E-state index >= 15 is 0 Å². The smallest absolute Gasteiger partial charge is 0.416 e. The van der Waals surface area contributed by atoms with Gasteiger partial charge in [0, 0.05) is 18.5 Å². The Morgan fingerprint density at radius 3 is 2.10 bits per heavy atom. The van der Waals surface area contributed by atoms with E-state index in [0.29, 0.717) is 0 Å². The summed E-state index contributed by atoms with van der Waals surface area (Å²) >= 11 is 0. The van der Waals surface area contributed by atoms with E-state index in [1.807, 2.05) is 0 Å². The summed E-state index contributed by atoms with van der Waals surface area (Å²) in [6.07, 6.45) is -4.87. The standard InChI is InChI=1S/C12H10F3NO4/c13-12(14,15)8-3-1-7(2-4-8)10(18)16-6-5-9(17)11(19)20/h1-4H,5-6H2,(H,16,18)(H,19,20). The van der Waals surface area contributed by atoms with Gasteiger partial charge in [0.2, 0.25) is 5.78 Å². The molecule has 0 aliphatic heterocycles. The number of nitrogens with one attached hydrogen (secondary N) is 1. The fraction of sp³-hybridized carbons (Fsp3) is 0.250. The third kappa shape index (κ3) is 4.38. The minimum absolute atomic E-state index is 0.0132. The number of carbonyl (C=O) groups is 3. The van der Waals surface area contributed by atoms with Gasteiger partial charge in [-0.25, -0.2) is 4.79 Å². The molecule has 1 aromatic rings. The first kappa shape index (κ1) is 15.7. The van der Waals surface area contributed by atoms with Crippen LogP contribution in [0.15, 0.2) is 24.3 Å². The van der Waals surface area contributed by atoms with E-state index in [1.54, 1.807) is 0 Å². The molecule has 0 spiro atoms. The highest BCUT2D eigenvalue weighted by molar-refractivity contribution is 6.32. The molecule has 5 nitrogen and oxygen atoms in total. The van der Waals surface area contributed by atoms with Crippen molar-refractivity contribution in [1.29, 1.82) is 0 Å². The molecule has 2 N–H and O–H groups in total. The van der Waals surface area contributed by atoms with Crippen molar-refractivity contribution in [3.63, 3.8) is 0 Å². The summed E-state index contributed by atoms with van der Waals surface area (Å²) < 4.78 is 36.9. The molecule has 0 aliphatic carbocycles. The van der Waals surface area contributed by atoms with Crippen LogP contribution in [0.1, 0.15) is 22.3 Å². The number of ketones is 1. The van der Waals surface area contributed by atoms with Crippen molar-refractivity contribution in [1.82, 2.24) is 5.32 Å². The average molecular weight is 289 g/mol. The Balaban J connectivity index is 2.56. The molecule has 20 heavy (non-hydrogen) atoms. The lowest BCUT2D eigenvalue weighted by Crippen LogP contribution is -2.27. The van der Waals surface area contributed by atoms with E-state index in [-0.39, 0.29) is 18.5 Å². The van der Waals surface area contributed by atoms with Crippen molar-refractivity contribution in [2.75, 3.05) is 6.54 Å². The molecule has 0 fully saturated rings. The summed E-state index contributed by atoms with van der Waals surface area (Å²) in [4.78, 5) is 32.5. The molecule has 0 saturated carbocycles. The predicted molar refractivity (Wildman–Crippen MR) is 61.0 cm³/mol. The third-order valence-corrected chi connectivity index (χ3v) is 2.35. The van der Waals surface area contributed by atoms with Crippen LogP contribution in [-0.2, 0) is 15.8 Å². The molecule has 0 aromatic heterocycles. The van der Waals surface area contributed by atoms with Crippen LogP contribution in [-0.4, -0.2) is 29.3 Å². The number of carboxylic acid groups (broad SMARTS) is 1. The number of alkyl halides is 3. The Bertz CT molecular complexity index is 522. The number of aliphatic carboxylic acids is 1. The van der Waals surface area contributed by atoms with E-state index in [1.165, 1.54) is 0 Å². The van der Waals surface area contributed by atoms with E-state index in [9.17, 15) is 27.6 Å². The maximum Gasteiger partial charge on any atom is 0.416 e. The van der Waals surface area contributed by atoms with Gasteiger partial charge in [-0.3, -0.25) is 9.59 Å². The predicted octanol–water partition coefficient (Wildman–Crippen LogP) is 1.48. The van der Waals surface area contributed by atoms with Crippen LogP contribution in [0.5, 0.6) is 0 Å². The zero-order chi connectivity index (χ0) is 15.3. The largest absolute Gasteiger partial charge is 0.476 e. The highest BCUT2D eigenvalue weighted by Gasteiger charge is 2.30. The lowest BCUT2D eigenvalue weighted by Gasteiger charge is -2.08. The topological polar surface area (TPSA) is 83.5 Å². The normalized spacial score (nSPS) is 10.9. The van der Waals surface area contributed by atoms with Crippen LogP contribution >= 0.6 is 0 Å². The number of benzene rings is 1. The number of carbonyl (C=O) groups excluding carboxylic acids is 2. The van der Waals surface area contributed by atoms with Crippen LogP contribution in [0.3, 0.4) is 0 Å². The van der Waals surface area contributed by atoms with Gasteiger partial charge in [0.05, 0.1) is 5.56 Å². The molecular weight excluding hydrogens is 279 g/mol. The Labute approximate surface area is 111 Å². The van der Waals surface area contributed by atoms with Gasteiger partial charge >= 0.3 is 12.1 Å². The number of amides is 1. The quantitative estimate of drug-likeness (QED) is 0.804. The second-order valence-corrected chi connectivity index (χ2v) is 3.81. The molecule has 1 aromatic carbocycles. The molecule has 1 rings (SSSR count). The van der Waals surface area contributed by atoms with Crippen LogP contribution in [0.4, 0.5) is 13.2 Å². The number of carboxylic acids is 1. The van der Waals surface area contributed by atoms with Gasteiger partial charge in [-0.1, -0.05) is 0 Å². The average Bonchev–Trinajstić information content (AvgIpc) is 2.37. The van der Waals surface area contributed by atoms with Gasteiger partial charge < -0.3 is 10.4 Å². The van der Waals surface area contributed by atoms with E-state index in [0.717, 1.165) is 24.3 Å². The van der Waals surface area contributed by atoms with Gasteiger partial charge in [-0.2, -0.15) is 13.2 Å². The monoisotopic (exact) mass is 289 g/mol. The number of rotatable bonds is 5. The SMILES string of the molecule is O=C(O)C(=O)CCNC(=O)c1ccc(C(F)(F)F)cc1. The maximum absolute atomic E-state index is 12.3. The lowest BCUT2D eigenvalue weighted by atomic mass is 10.1. The second-order valence-electron chi connectivity index (χ2n) is 3.81. The van der Waals surface area contributed by atoms with E-state index < -0.39 is 29.4 Å². The van der Waals surface area contributed by atoms with Crippen LogP contribution < -0.4 is 5.32 Å². The first-order valence-electron chi connectivity index (χ1n) is 5.43. The Kier molecular flexibility index (Phi) is 4.84. The molecule has 0 unspecified atom stereocenters. The summed E-state index contributed by atoms with van der Waals surface area (Å²) in [5.41, 5.74) is -0.893. The molecule has 0 saturated heterocycles. The summed E-state index contributed by atoms with van der Waals surface area (Å²) in [5, 5.41) is 10.5. The van der Waals surface area contributed by atoms with Crippen molar-refractivity contribution in [2.45, 2.75) is 12.6 Å². The van der Waals surface area contributed by atoms with Crippen molar-refractivity contribution in [2.24, 2.45) is 0 Å². The summed E-state index contributed by atoms with van der Waals surface area (Å²) in [7, 11) is 0. The second kappa shape index (κ2) is 6.18. The van der Waals surface area contributed by atoms with E-state index in [4.69, 9.17) is 5.11 Å². The summed E-state index contributed by atoms with van der Waals surface area (Å²) in [5.74, 6) is -3.34. The summed E-state index contributed by atoms with van der Waals surface area (Å²) in [6.45, 7) is -0.203. The zero-order valence-corrected chi connectivity index (χ0v) is 10.0. The molecular formula is C12H10F3NO4. The molecule has 1 amide bonds. The molecule has 108 valence electrons. The Morgan fingerprint density at radius 2 is 1.65 bits per heavy atom. The number of Topliss-reactive ketones (excluding diaryl/α,β-unsaturated/α-hetero) is 1. The van der Waals surface area contributed by atoms with Gasteiger partial charge in [-0.15, -0.1) is 0 Å². The number of hydrogen-bond donors (Lipinski definition) is 2. The minimum Gasteiger partial charge on any atom is -0.476 e. The highest BCUT2D eigenvalue weighted by atomic mass is 19.4. The van der Waals surface area contributed by atoms with Crippen LogP contribution in [0.2, 0.25) is 0 Å². The lowest BCUT2D eigenvalue weighted by molar-refractivity contribution is -0.149. The van der Waals surface area contributed by atoms with Crippen molar-refractivity contribution in [3.8, 4) is 0 Å². The maximum atomic E-state index is 12.3. The molecule has 0 heterocycles. The first-order valence-corrected chi connectivity index (χ1v) is 5.43.